The van der Waals surface area contributed by atoms with E-state index < -0.39 is 11.5 Å². The Labute approximate surface area is 176 Å². The van der Waals surface area contributed by atoms with Gasteiger partial charge in [-0.05, 0) is 70.8 Å². The highest BCUT2D eigenvalue weighted by Crippen LogP contribution is 2.39. The van der Waals surface area contributed by atoms with Gasteiger partial charge in [-0.2, -0.15) is 0 Å². The molecule has 0 radical (unpaired) electrons. The van der Waals surface area contributed by atoms with Crippen LogP contribution in [-0.2, 0) is 10.3 Å². The molecule has 1 saturated heterocycles. The number of hydrogen-bond donors (Lipinski definition) is 2. The van der Waals surface area contributed by atoms with Crippen molar-refractivity contribution in [3.8, 4) is 0 Å². The van der Waals surface area contributed by atoms with Crippen LogP contribution in [0, 0.1) is 11.8 Å². The maximum absolute atomic E-state index is 11.5. The van der Waals surface area contributed by atoms with E-state index in [1.54, 1.807) is 12.1 Å². The monoisotopic (exact) mass is 405 g/mol. The van der Waals surface area contributed by atoms with Gasteiger partial charge in [0.2, 0.25) is 5.91 Å². The van der Waals surface area contributed by atoms with Crippen LogP contribution in [0.3, 0.4) is 0 Å². The average molecular weight is 406 g/mol. The Morgan fingerprint density at radius 1 is 1.31 bits per heavy atom. The Morgan fingerprint density at radius 3 is 2.52 bits per heavy atom. The van der Waals surface area contributed by atoms with Crippen LogP contribution in [0.2, 0.25) is 0 Å². The lowest BCUT2D eigenvalue weighted by Crippen LogP contribution is -2.53. The molecule has 1 aliphatic carbocycles. The van der Waals surface area contributed by atoms with Gasteiger partial charge in [-0.1, -0.05) is 12.1 Å². The molecule has 3 rings (SSSR count). The van der Waals surface area contributed by atoms with Crippen molar-refractivity contribution in [1.29, 1.82) is 0 Å². The molecule has 2 atom stereocenters. The summed E-state index contributed by atoms with van der Waals surface area (Å²) < 4.78 is 4.83. The second-order valence-corrected chi connectivity index (χ2v) is 8.56. The summed E-state index contributed by atoms with van der Waals surface area (Å²) in [4.78, 5) is 16.1. The Bertz CT molecular complexity index is 646. The molecule has 2 unspecified atom stereocenters. The molecule has 0 spiro atoms. The van der Waals surface area contributed by atoms with Crippen molar-refractivity contribution < 1.29 is 14.6 Å². The van der Waals surface area contributed by atoms with Gasteiger partial charge in [0.25, 0.3) is 0 Å². The van der Waals surface area contributed by atoms with E-state index in [1.165, 1.54) is 12.8 Å². The van der Waals surface area contributed by atoms with Crippen LogP contribution in [0.15, 0.2) is 24.3 Å². The minimum atomic E-state index is -0.907. The molecule has 6 nitrogen and oxygen atoms in total. The topological polar surface area (TPSA) is 79.0 Å². The fourth-order valence-electron chi connectivity index (χ4n) is 4.09. The van der Waals surface area contributed by atoms with E-state index in [1.807, 2.05) is 40.1 Å². The van der Waals surface area contributed by atoms with E-state index >= 15 is 0 Å². The molecule has 164 valence electrons. The van der Waals surface area contributed by atoms with E-state index in [0.717, 1.165) is 50.9 Å². The molecule has 1 heterocycles. The van der Waals surface area contributed by atoms with Gasteiger partial charge in [-0.15, -0.1) is 0 Å². The van der Waals surface area contributed by atoms with Crippen LogP contribution in [0.25, 0.3) is 0 Å². The first-order valence-corrected chi connectivity index (χ1v) is 10.9. The fourth-order valence-corrected chi connectivity index (χ4v) is 4.09. The smallest absolute Gasteiger partial charge is 0.248 e. The van der Waals surface area contributed by atoms with Crippen molar-refractivity contribution in [3.05, 3.63) is 35.4 Å². The van der Waals surface area contributed by atoms with Crippen molar-refractivity contribution >= 4 is 5.91 Å². The number of hydrogen-bond acceptors (Lipinski definition) is 5. The van der Waals surface area contributed by atoms with Crippen LogP contribution in [0.5, 0.6) is 0 Å². The molecule has 1 aromatic carbocycles. The van der Waals surface area contributed by atoms with Gasteiger partial charge in [0.05, 0.1) is 5.60 Å². The summed E-state index contributed by atoms with van der Waals surface area (Å²) in [7, 11) is 4.08. The molecule has 2 aliphatic rings. The lowest BCUT2D eigenvalue weighted by atomic mass is 9.75. The number of nitrogens with zero attached hydrogens (tertiary/aromatic N) is 2. The number of benzene rings is 1. The molecule has 29 heavy (non-hydrogen) atoms. The van der Waals surface area contributed by atoms with E-state index in [9.17, 15) is 9.90 Å². The van der Waals surface area contributed by atoms with Crippen LogP contribution in [0.1, 0.15) is 49.0 Å². The second kappa shape index (κ2) is 11.1. The van der Waals surface area contributed by atoms with Gasteiger partial charge < -0.3 is 25.4 Å². The lowest BCUT2D eigenvalue weighted by Gasteiger charge is -2.46. The second-order valence-electron chi connectivity index (χ2n) is 8.56. The molecule has 1 saturated carbocycles. The summed E-state index contributed by atoms with van der Waals surface area (Å²) in [6.07, 6.45) is 3.39. The zero-order valence-corrected chi connectivity index (χ0v) is 18.6. The van der Waals surface area contributed by atoms with Crippen LogP contribution >= 0.6 is 0 Å². The summed E-state index contributed by atoms with van der Waals surface area (Å²) in [5.74, 6) is 0.522. The molecule has 0 aromatic heterocycles. The minimum Gasteiger partial charge on any atom is -0.385 e. The zero-order chi connectivity index (χ0) is 21.4. The quantitative estimate of drug-likeness (QED) is 0.694. The van der Waals surface area contributed by atoms with Crippen LogP contribution < -0.4 is 5.73 Å². The molecule has 2 fully saturated rings. The molecule has 1 aliphatic heterocycles. The summed E-state index contributed by atoms with van der Waals surface area (Å²) in [6.45, 7) is 9.43. The van der Waals surface area contributed by atoms with Crippen molar-refractivity contribution in [1.82, 2.24) is 9.80 Å². The van der Waals surface area contributed by atoms with Gasteiger partial charge in [-0.3, -0.25) is 4.79 Å². The van der Waals surface area contributed by atoms with Crippen molar-refractivity contribution in [2.75, 3.05) is 53.5 Å². The third-order valence-electron chi connectivity index (χ3n) is 5.82. The number of likely N-dealkylation sites (tertiary alicyclic amines) is 1. The first-order valence-electron chi connectivity index (χ1n) is 10.9. The standard InChI is InChI=1S/C19H29N3O2.C4H10O/c1-21(2)12-17-13-22(11-14-6-7-14)9-8-19(17,24)16-5-3-4-15(10-16)18(20)23;1-3-5-4-2/h3-5,10,14,17,24H,6-9,11-13H2,1-2H3,(H2,20,23);3-4H2,1-2H3. The summed E-state index contributed by atoms with van der Waals surface area (Å²) >= 11 is 0. The predicted octanol–water partition coefficient (Wildman–Crippen LogP) is 2.31. The van der Waals surface area contributed by atoms with E-state index in [0.29, 0.717) is 12.0 Å². The first kappa shape index (κ1) is 23.8. The van der Waals surface area contributed by atoms with Crippen molar-refractivity contribution in [2.45, 2.75) is 38.7 Å². The zero-order valence-electron chi connectivity index (χ0n) is 18.6. The molecular weight excluding hydrogens is 366 g/mol. The van der Waals surface area contributed by atoms with Crippen LogP contribution in [0.4, 0.5) is 0 Å². The molecule has 6 heteroatoms. The number of rotatable bonds is 8. The van der Waals surface area contributed by atoms with Gasteiger partial charge >= 0.3 is 0 Å². The first-order chi connectivity index (χ1) is 13.8. The number of carbonyl (C=O) groups is 1. The van der Waals surface area contributed by atoms with Crippen molar-refractivity contribution in [3.63, 3.8) is 0 Å². The van der Waals surface area contributed by atoms with Gasteiger partial charge in [0, 0.05) is 50.9 Å². The third kappa shape index (κ3) is 7.07. The average Bonchev–Trinajstić information content (AvgIpc) is 3.49. The maximum atomic E-state index is 11.5. The molecule has 0 bridgehead atoms. The largest absolute Gasteiger partial charge is 0.385 e. The van der Waals surface area contributed by atoms with E-state index in [-0.39, 0.29) is 5.92 Å². The van der Waals surface area contributed by atoms with Gasteiger partial charge in [0.15, 0.2) is 0 Å². The Balaban J connectivity index is 0.000000537. The normalized spacial score (nSPS) is 24.8. The Hall–Kier alpha value is -1.47. The minimum absolute atomic E-state index is 0.114. The molecule has 3 N–H and O–H groups in total. The van der Waals surface area contributed by atoms with Gasteiger partial charge in [-0.25, -0.2) is 0 Å². The number of nitrogens with two attached hydrogens (primary N) is 1. The Kier molecular flexibility index (Phi) is 9.08. The number of primary amides is 1. The molecular formula is C23H39N3O3. The number of amides is 1. The number of piperidine rings is 1. The third-order valence-corrected chi connectivity index (χ3v) is 5.82. The lowest BCUT2D eigenvalue weighted by molar-refractivity contribution is -0.0852. The Morgan fingerprint density at radius 2 is 2.00 bits per heavy atom. The van der Waals surface area contributed by atoms with E-state index in [2.05, 4.69) is 9.80 Å². The summed E-state index contributed by atoms with van der Waals surface area (Å²) in [6, 6.07) is 7.21. The summed E-state index contributed by atoms with van der Waals surface area (Å²) in [5.41, 5.74) is 5.79. The highest BCUT2D eigenvalue weighted by Gasteiger charge is 2.43. The SMILES string of the molecule is CCOCC.CN(C)CC1CN(CC2CC2)CCC1(O)c1cccc(C(N)=O)c1. The van der Waals surface area contributed by atoms with Crippen LogP contribution in [-0.4, -0.2) is 74.3 Å². The summed E-state index contributed by atoms with van der Waals surface area (Å²) in [5, 5.41) is 11.5. The molecule has 1 amide bonds. The highest BCUT2D eigenvalue weighted by molar-refractivity contribution is 5.92. The van der Waals surface area contributed by atoms with Crippen molar-refractivity contribution in [2.24, 2.45) is 17.6 Å². The number of aliphatic hydroxyl groups is 1. The number of ether oxygens (including phenoxy) is 1. The predicted molar refractivity (Wildman–Crippen MR) is 117 cm³/mol. The molecule has 1 aromatic rings. The fraction of sp³-hybridized carbons (Fsp3) is 0.696. The number of carbonyl (C=O) groups excluding carboxylic acids is 1. The maximum Gasteiger partial charge on any atom is 0.248 e. The highest BCUT2D eigenvalue weighted by atomic mass is 16.5. The van der Waals surface area contributed by atoms with E-state index in [4.69, 9.17) is 10.5 Å². The van der Waals surface area contributed by atoms with Gasteiger partial charge in [0.1, 0.15) is 0 Å².